The lowest BCUT2D eigenvalue weighted by atomic mass is 10.1. The first kappa shape index (κ1) is 16.2. The van der Waals surface area contributed by atoms with Crippen molar-refractivity contribution in [3.05, 3.63) is 29.3 Å². The van der Waals surface area contributed by atoms with E-state index in [1.807, 2.05) is 13.8 Å². The molecule has 1 aromatic carbocycles. The molecule has 0 radical (unpaired) electrons. The molecule has 2 rings (SSSR count). The van der Waals surface area contributed by atoms with Crippen molar-refractivity contribution in [2.45, 2.75) is 45.4 Å². The molecule has 1 heterocycles. The first-order chi connectivity index (χ1) is 10.0. The smallest absolute Gasteiger partial charge is 0.149 e. The van der Waals surface area contributed by atoms with E-state index in [0.29, 0.717) is 25.2 Å². The molecule has 0 unspecified atom stereocenters. The summed E-state index contributed by atoms with van der Waals surface area (Å²) in [5.74, 6) is -0.960. The van der Waals surface area contributed by atoms with Gasteiger partial charge in [-0.25, -0.2) is 8.78 Å². The zero-order valence-electron chi connectivity index (χ0n) is 13.0. The monoisotopic (exact) mass is 298 g/mol. The quantitative estimate of drug-likeness (QED) is 0.904. The summed E-state index contributed by atoms with van der Waals surface area (Å²) in [6, 6.07) is 3.13. The lowest BCUT2D eigenvalue weighted by molar-refractivity contribution is 0.0817. The minimum absolute atomic E-state index is 0.0952. The van der Waals surface area contributed by atoms with Gasteiger partial charge < -0.3 is 15.0 Å². The van der Waals surface area contributed by atoms with Crippen LogP contribution in [0, 0.1) is 11.6 Å². The van der Waals surface area contributed by atoms with Gasteiger partial charge in [0.2, 0.25) is 0 Å². The Morgan fingerprint density at radius 3 is 2.29 bits per heavy atom. The van der Waals surface area contributed by atoms with Crippen molar-refractivity contribution in [2.75, 3.05) is 25.1 Å². The number of halogens is 2. The summed E-state index contributed by atoms with van der Waals surface area (Å²) in [5.41, 5.74) is 0.729. The molecule has 5 heteroatoms. The summed E-state index contributed by atoms with van der Waals surface area (Å²) in [7, 11) is 1.68. The fraction of sp³-hybridized carbons (Fsp3) is 0.625. The van der Waals surface area contributed by atoms with Gasteiger partial charge in [0.15, 0.2) is 0 Å². The second-order valence-electron chi connectivity index (χ2n) is 5.87. The van der Waals surface area contributed by atoms with E-state index in [4.69, 9.17) is 4.74 Å². The summed E-state index contributed by atoms with van der Waals surface area (Å²) in [6.45, 7) is 5.71. The highest BCUT2D eigenvalue weighted by atomic mass is 19.1. The minimum Gasteiger partial charge on any atom is -0.381 e. The topological polar surface area (TPSA) is 24.5 Å². The molecule has 0 bridgehead atoms. The lowest BCUT2D eigenvalue weighted by Crippen LogP contribution is -2.37. The highest BCUT2D eigenvalue weighted by Crippen LogP contribution is 2.28. The summed E-state index contributed by atoms with van der Waals surface area (Å²) in [5, 5.41) is 3.17. The molecular formula is C16H24F2N2O. The van der Waals surface area contributed by atoms with Crippen molar-refractivity contribution in [2.24, 2.45) is 0 Å². The molecule has 1 fully saturated rings. The van der Waals surface area contributed by atoms with Crippen molar-refractivity contribution in [1.82, 2.24) is 5.32 Å². The summed E-state index contributed by atoms with van der Waals surface area (Å²) < 4.78 is 33.8. The second kappa shape index (κ2) is 7.18. The Morgan fingerprint density at radius 1 is 1.24 bits per heavy atom. The number of piperidine rings is 1. The molecule has 0 aliphatic carbocycles. The molecule has 1 aliphatic heterocycles. The van der Waals surface area contributed by atoms with Gasteiger partial charge in [-0.15, -0.1) is 0 Å². The third-order valence-electron chi connectivity index (χ3n) is 3.88. The number of methoxy groups -OCH3 is 1. The summed E-state index contributed by atoms with van der Waals surface area (Å²) in [4.78, 5) is 1.78. The number of benzene rings is 1. The molecule has 0 atom stereocenters. The van der Waals surface area contributed by atoms with Crippen LogP contribution in [-0.2, 0) is 11.3 Å². The Morgan fingerprint density at radius 2 is 1.81 bits per heavy atom. The maximum atomic E-state index is 14.3. The van der Waals surface area contributed by atoms with Crippen LogP contribution in [0.1, 0.15) is 32.3 Å². The zero-order chi connectivity index (χ0) is 15.4. The van der Waals surface area contributed by atoms with E-state index in [2.05, 4.69) is 5.32 Å². The molecule has 1 N–H and O–H groups in total. The van der Waals surface area contributed by atoms with Gasteiger partial charge in [0.05, 0.1) is 6.10 Å². The Hall–Kier alpha value is -1.20. The largest absolute Gasteiger partial charge is 0.381 e. The highest BCUT2D eigenvalue weighted by Gasteiger charge is 2.24. The molecule has 0 spiro atoms. The van der Waals surface area contributed by atoms with Gasteiger partial charge in [0, 0.05) is 32.8 Å². The molecule has 1 saturated heterocycles. The van der Waals surface area contributed by atoms with Crippen LogP contribution in [0.3, 0.4) is 0 Å². The maximum absolute atomic E-state index is 14.3. The van der Waals surface area contributed by atoms with E-state index < -0.39 is 11.6 Å². The minimum atomic E-state index is -0.480. The number of anilines is 1. The van der Waals surface area contributed by atoms with Crippen LogP contribution in [0.5, 0.6) is 0 Å². The van der Waals surface area contributed by atoms with Crippen molar-refractivity contribution >= 4 is 5.69 Å². The van der Waals surface area contributed by atoms with Crippen LogP contribution in [0.25, 0.3) is 0 Å². The molecule has 0 amide bonds. The molecular weight excluding hydrogens is 274 g/mol. The molecule has 1 aromatic rings. The van der Waals surface area contributed by atoms with Gasteiger partial charge in [-0.1, -0.05) is 13.8 Å². The van der Waals surface area contributed by atoms with Crippen LogP contribution in [0.4, 0.5) is 14.5 Å². The second-order valence-corrected chi connectivity index (χ2v) is 5.87. The Bertz CT molecular complexity index is 448. The number of hydrogen-bond acceptors (Lipinski definition) is 3. The zero-order valence-corrected chi connectivity index (χ0v) is 13.0. The van der Waals surface area contributed by atoms with Crippen LogP contribution in [0.2, 0.25) is 0 Å². The predicted molar refractivity (Wildman–Crippen MR) is 80.6 cm³/mol. The van der Waals surface area contributed by atoms with Gasteiger partial charge in [0.25, 0.3) is 0 Å². The fourth-order valence-corrected chi connectivity index (χ4v) is 2.66. The lowest BCUT2D eigenvalue weighted by Gasteiger charge is -2.33. The Kier molecular flexibility index (Phi) is 5.53. The highest BCUT2D eigenvalue weighted by molar-refractivity contribution is 5.51. The van der Waals surface area contributed by atoms with E-state index in [1.54, 1.807) is 12.0 Å². The number of nitrogens with one attached hydrogen (secondary N) is 1. The first-order valence-electron chi connectivity index (χ1n) is 7.50. The van der Waals surface area contributed by atoms with Crippen LogP contribution < -0.4 is 10.2 Å². The van der Waals surface area contributed by atoms with Crippen LogP contribution in [-0.4, -0.2) is 32.3 Å². The van der Waals surface area contributed by atoms with E-state index in [0.717, 1.165) is 12.8 Å². The molecule has 3 nitrogen and oxygen atoms in total. The number of nitrogens with zero attached hydrogens (tertiary/aromatic N) is 1. The van der Waals surface area contributed by atoms with Crippen molar-refractivity contribution in [3.63, 3.8) is 0 Å². The van der Waals surface area contributed by atoms with Crippen molar-refractivity contribution < 1.29 is 13.5 Å². The van der Waals surface area contributed by atoms with Crippen molar-refractivity contribution in [1.29, 1.82) is 0 Å². The summed E-state index contributed by atoms with van der Waals surface area (Å²) >= 11 is 0. The average Bonchev–Trinajstić information content (AvgIpc) is 2.45. The molecule has 1 aliphatic rings. The first-order valence-corrected chi connectivity index (χ1v) is 7.50. The molecule has 0 aromatic heterocycles. The van der Waals surface area contributed by atoms with E-state index in [1.165, 1.54) is 12.1 Å². The molecule has 118 valence electrons. The predicted octanol–water partition coefficient (Wildman–Crippen LogP) is 3.08. The van der Waals surface area contributed by atoms with Gasteiger partial charge >= 0.3 is 0 Å². The third kappa shape index (κ3) is 4.14. The Labute approximate surface area is 125 Å². The number of ether oxygens (including phenoxy) is 1. The molecule has 21 heavy (non-hydrogen) atoms. The van der Waals surface area contributed by atoms with Gasteiger partial charge in [-0.05, 0) is 30.5 Å². The van der Waals surface area contributed by atoms with Crippen molar-refractivity contribution in [3.8, 4) is 0 Å². The van der Waals surface area contributed by atoms with Gasteiger partial charge in [-0.2, -0.15) is 0 Å². The van der Waals surface area contributed by atoms with E-state index >= 15 is 0 Å². The SMILES string of the molecule is COC1CCN(c2c(F)cc(CNC(C)C)cc2F)CC1. The van der Waals surface area contributed by atoms with E-state index in [-0.39, 0.29) is 17.8 Å². The normalized spacial score (nSPS) is 16.8. The fourth-order valence-electron chi connectivity index (χ4n) is 2.66. The summed E-state index contributed by atoms with van der Waals surface area (Å²) in [6.07, 6.45) is 1.79. The molecule has 0 saturated carbocycles. The van der Waals surface area contributed by atoms with Crippen LogP contribution in [0.15, 0.2) is 12.1 Å². The van der Waals surface area contributed by atoms with Crippen LogP contribution >= 0.6 is 0 Å². The van der Waals surface area contributed by atoms with Gasteiger partial charge in [-0.3, -0.25) is 0 Å². The van der Waals surface area contributed by atoms with E-state index in [9.17, 15) is 8.78 Å². The Balaban J connectivity index is 2.10. The third-order valence-corrected chi connectivity index (χ3v) is 3.88. The maximum Gasteiger partial charge on any atom is 0.149 e. The number of hydrogen-bond donors (Lipinski definition) is 1. The van der Waals surface area contributed by atoms with Gasteiger partial charge in [0.1, 0.15) is 17.3 Å². The standard InChI is InChI=1S/C16H24F2N2O/c1-11(2)19-10-12-8-14(17)16(15(18)9-12)20-6-4-13(21-3)5-7-20/h8-9,11,13,19H,4-7,10H2,1-3H3. The average molecular weight is 298 g/mol. The number of rotatable bonds is 5.